The number of amides is 2. The lowest BCUT2D eigenvalue weighted by Gasteiger charge is -2.55. The summed E-state index contributed by atoms with van der Waals surface area (Å²) in [5.74, 6) is 5.24. The maximum Gasteiger partial charge on any atom is 0.344 e. The quantitative estimate of drug-likeness (QED) is 0.0669. The van der Waals surface area contributed by atoms with Gasteiger partial charge in [-0.15, -0.1) is 0 Å². The van der Waals surface area contributed by atoms with Gasteiger partial charge in [0.25, 0.3) is 39.3 Å². The second kappa shape index (κ2) is 41.7. The molecule has 16 heterocycles. The Morgan fingerprint density at radius 1 is 0.315 bits per heavy atom. The molecule has 0 radical (unpaired) electrons. The smallest absolute Gasteiger partial charge is 0.344 e. The molecule has 11 aromatic rings. The van der Waals surface area contributed by atoms with E-state index in [1.165, 1.54) is 250 Å². The molecule has 0 spiro atoms. The van der Waals surface area contributed by atoms with Gasteiger partial charge in [0.05, 0.1) is 71.4 Å². The number of pyridine rings is 2. The van der Waals surface area contributed by atoms with Crippen molar-refractivity contribution in [3.8, 4) is 33.8 Å². The number of benzene rings is 4. The minimum atomic E-state index is -1.17. The Bertz CT molecular complexity index is 7350. The molecule has 16 fully saturated rings. The van der Waals surface area contributed by atoms with Gasteiger partial charge in [-0.25, -0.2) is 34.5 Å². The minimum absolute atomic E-state index is 0.00535. The number of hydrogen-bond donors (Lipinski definition) is 5. The van der Waals surface area contributed by atoms with Gasteiger partial charge in [0.2, 0.25) is 5.91 Å². The third-order valence-electron chi connectivity index (χ3n) is 39.5. The molecule has 17 aliphatic rings. The molecule has 24 atom stereocenters. The summed E-state index contributed by atoms with van der Waals surface area (Å²) in [5, 5.41) is 12.2. The molecule has 149 heavy (non-hydrogen) atoms. The van der Waals surface area contributed by atoms with E-state index < -0.39 is 23.1 Å². The molecule has 4 aromatic carbocycles. The standard InChI is InChI=1S/C31H36N4O4.C30H35ClN4O2.C30H36N4O3.C29H35N5O2/c36-29-25(14-20(17-32-29)31(38)39)28-30(37)35(27-10-2-1-9-26(27)33-28)24-15-21-7-4-8-22(16-24)34(21)23-12-18-5-3-6-19(11-18)13-23;31-20-14-25(29(36)32-17-20)28-30(37)35(27-10-2-1-9-26(27)33-28)24-15-21-7-4-8-22(16-24)34(21)23-12-18-5-3-6-19(11-18)13-23;35-27-12-11-24(29(36)32-27)28-30(37)34(26-10-2-1-9-25(26)31-28)23-16-20-7-4-8-21(17-23)33(20)22-14-18-5-3-6-19(13-18)15-22;35-28-27(20-16-30-29(36)31-17-20)32-25-9-1-2-10-26(25)34(28)24-14-21-7-4-8-22(15-24)33(21)23-12-18-5-3-6-19(11-18)13-23/h1-2,9-10,14,17-19,21-24H,3-8,11-13,15-16H2,(H,32,36)(H,38,39);1-2,9-10,14,17-19,21-24H,3-8,11-13,15-16H2,(H,32,36);1-2,9-11,18-23H,3-8,12-17H2,(H,32,35,36);1-2,9-10,16-19,21-24H,3-8,11-15H2,(H,30,31,36)/t2*18-,19+,21-,22+,23?,24?;18-,19+,20-,21+,22?,23?;18-,19+,21-,22+,23?,24?. The van der Waals surface area contributed by atoms with Crippen molar-refractivity contribution in [2.24, 2.45) is 47.3 Å². The Hall–Kier alpha value is -11.3. The molecule has 5 N–H and O–H groups in total. The molecule has 9 aliphatic heterocycles. The van der Waals surface area contributed by atoms with Crippen molar-refractivity contribution in [3.63, 3.8) is 0 Å². The SMILES string of the molecule is O=C(O)c1c[nH]c(=O)c(-c2nc3ccccc3n(C3C[C@H]4CCC[C@@H](C3)N4C3C[C@H]4CCC[C@@H](C3)C4)c2=O)c1.O=C1CC=C(c2nc3ccccc3n(C3C[C@H]4CCC[C@@H](C3)N4C3C[C@H]4CCC[C@@H](C3)C4)c2=O)C(=O)N1.O=c1[nH]cc(Cl)cc1-c1nc2ccccc2n(C2C[C@H]3CCC[C@@H](C2)N3C2C[C@H]3CCC[C@@H](C2)C3)c1=O.O=c1ncc(-c2nc3ccccc3n(C3C[C@H]4CCC[C@@H](C3)N4C3C[C@H]4CCC[C@@H](C3)C4)c2=O)c[nH]1. The van der Waals surface area contributed by atoms with E-state index in [4.69, 9.17) is 16.6 Å². The maximum atomic E-state index is 14.1. The molecular weight excluding hydrogens is 1890 g/mol. The molecule has 28 rings (SSSR count). The first-order chi connectivity index (χ1) is 72.7. The zero-order valence-corrected chi connectivity index (χ0v) is 86.4. The Morgan fingerprint density at radius 2 is 0.611 bits per heavy atom. The van der Waals surface area contributed by atoms with Gasteiger partial charge in [0, 0.05) is 133 Å². The van der Waals surface area contributed by atoms with E-state index in [0.29, 0.717) is 88.3 Å². The second-order valence-corrected chi connectivity index (χ2v) is 48.8. The summed E-state index contributed by atoms with van der Waals surface area (Å²) in [6, 6.07) is 41.3. The van der Waals surface area contributed by atoms with Gasteiger partial charge in [-0.3, -0.25) is 63.3 Å². The van der Waals surface area contributed by atoms with Gasteiger partial charge in [-0.05, 0) is 288 Å². The van der Waals surface area contributed by atoms with E-state index in [2.05, 4.69) is 59.8 Å². The largest absolute Gasteiger partial charge is 0.478 e. The highest BCUT2D eigenvalue weighted by Crippen LogP contribution is 2.55. The predicted octanol–water partition coefficient (Wildman–Crippen LogP) is 19.9. The molecule has 8 saturated heterocycles. The number of carbonyl (C=O) groups is 3. The van der Waals surface area contributed by atoms with Gasteiger partial charge in [-0.2, -0.15) is 0 Å². The number of carbonyl (C=O) groups excluding carboxylic acids is 2. The molecule has 7 aromatic heterocycles. The highest BCUT2D eigenvalue weighted by molar-refractivity contribution is 6.30. The monoisotopic (exact) mass is 2030 g/mol. The fourth-order valence-corrected chi connectivity index (χ4v) is 34.1. The van der Waals surface area contributed by atoms with Gasteiger partial charge in [0.15, 0.2) is 0 Å². The van der Waals surface area contributed by atoms with Crippen LogP contribution >= 0.6 is 11.6 Å². The van der Waals surface area contributed by atoms with Crippen LogP contribution in [-0.4, -0.2) is 173 Å². The van der Waals surface area contributed by atoms with Crippen molar-refractivity contribution < 1.29 is 19.5 Å². The van der Waals surface area contributed by atoms with E-state index in [1.54, 1.807) is 18.3 Å². The zero-order valence-electron chi connectivity index (χ0n) is 85.7. The van der Waals surface area contributed by atoms with E-state index in [0.717, 1.165) is 150 Å². The van der Waals surface area contributed by atoms with Crippen LogP contribution in [0.25, 0.3) is 83.5 Å². The summed E-state index contributed by atoms with van der Waals surface area (Å²) in [6.45, 7) is 0. The van der Waals surface area contributed by atoms with Crippen LogP contribution in [-0.2, 0) is 9.59 Å². The molecule has 2 amide bonds. The van der Waals surface area contributed by atoms with Crippen molar-refractivity contribution in [1.82, 2.24) is 83.1 Å². The van der Waals surface area contributed by atoms with Crippen molar-refractivity contribution >= 4 is 79.1 Å². The highest BCUT2D eigenvalue weighted by atomic mass is 35.5. The lowest BCUT2D eigenvalue weighted by molar-refractivity contribution is -0.127. The summed E-state index contributed by atoms with van der Waals surface area (Å²) >= 11 is 6.20. The van der Waals surface area contributed by atoms with Crippen LogP contribution < -0.4 is 44.4 Å². The number of hydrogen-bond acceptors (Lipinski definition) is 19. The number of H-pyrrole nitrogens is 3. The van der Waals surface area contributed by atoms with Crippen LogP contribution in [0.3, 0.4) is 0 Å². The molecule has 8 saturated carbocycles. The maximum absolute atomic E-state index is 14.1. The number of halogens is 1. The highest BCUT2D eigenvalue weighted by Gasteiger charge is 2.52. The lowest BCUT2D eigenvalue weighted by atomic mass is 9.68. The first-order valence-corrected chi connectivity index (χ1v) is 57.7. The van der Waals surface area contributed by atoms with Gasteiger partial charge in [-0.1, -0.05) is 169 Å². The number of rotatable bonds is 13. The molecule has 28 nitrogen and oxygen atoms in total. The van der Waals surface area contributed by atoms with Crippen LogP contribution in [0.1, 0.15) is 329 Å². The number of carboxylic acids is 1. The van der Waals surface area contributed by atoms with Crippen LogP contribution in [0.5, 0.6) is 0 Å². The Morgan fingerprint density at radius 3 is 0.933 bits per heavy atom. The average molecular weight is 2030 g/mol. The molecule has 16 bridgehead atoms. The normalized spacial score (nSPS) is 32.3. The second-order valence-electron chi connectivity index (χ2n) is 48.3. The fourth-order valence-electron chi connectivity index (χ4n) is 33.9. The van der Waals surface area contributed by atoms with Crippen molar-refractivity contribution in [1.29, 1.82) is 0 Å². The third-order valence-corrected chi connectivity index (χ3v) is 39.7. The first kappa shape index (κ1) is 98.4. The van der Waals surface area contributed by atoms with Crippen molar-refractivity contribution in [3.05, 3.63) is 229 Å². The zero-order chi connectivity index (χ0) is 101. The van der Waals surface area contributed by atoms with E-state index in [-0.39, 0.29) is 104 Å². The van der Waals surface area contributed by atoms with Crippen LogP contribution in [0.15, 0.2) is 174 Å². The summed E-state index contributed by atoms with van der Waals surface area (Å²) in [4.78, 5) is 171. The molecule has 8 unspecified atom stereocenters. The first-order valence-electron chi connectivity index (χ1n) is 57.3. The van der Waals surface area contributed by atoms with E-state index in [1.807, 2.05) is 115 Å². The number of aromatic carboxylic acids is 1. The molecular formula is C120H142ClN17O11. The number of fused-ring (bicyclic) bond motifs is 20. The number of para-hydroxylation sites is 8. The van der Waals surface area contributed by atoms with Crippen LogP contribution in [0.4, 0.5) is 0 Å². The number of aromatic nitrogens is 12. The summed E-state index contributed by atoms with van der Waals surface area (Å²) in [5.41, 5.74) is 5.91. The van der Waals surface area contributed by atoms with E-state index in [9.17, 15) is 53.1 Å². The lowest BCUT2D eigenvalue weighted by Crippen LogP contribution is -2.58. The summed E-state index contributed by atoms with van der Waals surface area (Å²) < 4.78 is 7.82. The van der Waals surface area contributed by atoms with Crippen molar-refractivity contribution in [2.75, 3.05) is 0 Å². The number of nitrogens with one attached hydrogen (secondary N) is 4. The van der Waals surface area contributed by atoms with E-state index >= 15 is 0 Å². The number of imide groups is 1. The van der Waals surface area contributed by atoms with Gasteiger partial charge in [0.1, 0.15) is 22.8 Å². The van der Waals surface area contributed by atoms with Crippen molar-refractivity contribution in [2.45, 2.75) is 386 Å². The summed E-state index contributed by atoms with van der Waals surface area (Å²) in [6.07, 6.45) is 63.5. The predicted molar refractivity (Wildman–Crippen MR) is 578 cm³/mol. The van der Waals surface area contributed by atoms with Crippen LogP contribution in [0.2, 0.25) is 5.02 Å². The Balaban J connectivity index is 0.000000103. The Labute approximate surface area is 872 Å². The molecule has 780 valence electrons. The number of carboxylic acid groups (broad SMARTS) is 1. The number of aromatic amines is 3. The molecule has 29 heteroatoms. The van der Waals surface area contributed by atoms with Crippen LogP contribution in [0, 0.1) is 47.3 Å². The fraction of sp³-hybridized carbons (Fsp3) is 0.575. The third kappa shape index (κ3) is 19.4. The summed E-state index contributed by atoms with van der Waals surface area (Å²) in [7, 11) is 0. The Kier molecular flexibility index (Phi) is 27.5. The number of piperidine rings is 8. The topological polar surface area (TPSA) is 347 Å². The average Bonchev–Trinajstić information content (AvgIpc) is 0.744. The molecule has 8 aliphatic carbocycles. The number of nitrogens with zero attached hydrogens (tertiary/aromatic N) is 13. The van der Waals surface area contributed by atoms with Gasteiger partial charge < -0.3 is 38.3 Å². The van der Waals surface area contributed by atoms with Gasteiger partial charge >= 0.3 is 11.7 Å². The minimum Gasteiger partial charge on any atom is -0.478 e.